The van der Waals surface area contributed by atoms with E-state index >= 15 is 0 Å². The lowest BCUT2D eigenvalue weighted by atomic mass is 10.2. The molecule has 1 aromatic heterocycles. The highest BCUT2D eigenvalue weighted by molar-refractivity contribution is 7.90. The molecule has 1 atom stereocenters. The fourth-order valence-electron chi connectivity index (χ4n) is 2.35. The molecule has 0 bridgehead atoms. The van der Waals surface area contributed by atoms with E-state index in [1.807, 2.05) is 26.0 Å². The zero-order valence-corrected chi connectivity index (χ0v) is 17.8. The number of nitrogens with one attached hydrogen (secondary N) is 2. The second-order valence-corrected chi connectivity index (χ2v) is 9.19. The highest BCUT2D eigenvalue weighted by Gasteiger charge is 2.11. The molecule has 0 aliphatic carbocycles. The zero-order valence-electron chi connectivity index (χ0n) is 16.3. The van der Waals surface area contributed by atoms with Crippen molar-refractivity contribution in [2.75, 3.05) is 25.1 Å². The van der Waals surface area contributed by atoms with Crippen LogP contribution in [0.3, 0.4) is 0 Å². The minimum absolute atomic E-state index is 0.0209. The molecule has 0 radical (unpaired) electrons. The van der Waals surface area contributed by atoms with Crippen LogP contribution in [0.5, 0.6) is 0 Å². The summed E-state index contributed by atoms with van der Waals surface area (Å²) in [6, 6.07) is 7.19. The van der Waals surface area contributed by atoms with Gasteiger partial charge in [0.2, 0.25) is 11.7 Å². The monoisotopic (exact) mass is 427 g/mol. The molecule has 0 amide bonds. The Morgan fingerprint density at radius 1 is 1.32 bits per heavy atom. The second-order valence-electron chi connectivity index (χ2n) is 6.49. The summed E-state index contributed by atoms with van der Waals surface area (Å²) < 4.78 is 27.9. The fourth-order valence-corrected chi connectivity index (χ4v) is 3.26. The summed E-state index contributed by atoms with van der Waals surface area (Å²) in [6.07, 6.45) is 2.24. The van der Waals surface area contributed by atoms with Crippen LogP contribution in [0.4, 0.5) is 0 Å². The molecule has 1 unspecified atom stereocenters. The third-order valence-electron chi connectivity index (χ3n) is 3.82. The average molecular weight is 428 g/mol. The molecule has 0 saturated heterocycles. The van der Waals surface area contributed by atoms with Gasteiger partial charge in [0, 0.05) is 35.8 Å². The first-order chi connectivity index (χ1) is 13.3. The molecule has 2 aromatic rings. The fraction of sp³-hybridized carbons (Fsp3) is 0.500. The molecule has 2 N–H and O–H groups in total. The summed E-state index contributed by atoms with van der Waals surface area (Å²) in [5.74, 6) is 1.77. The predicted octanol–water partition coefficient (Wildman–Crippen LogP) is 2.31. The van der Waals surface area contributed by atoms with Crippen molar-refractivity contribution in [1.29, 1.82) is 0 Å². The van der Waals surface area contributed by atoms with Crippen molar-refractivity contribution in [1.82, 2.24) is 20.8 Å². The van der Waals surface area contributed by atoms with Gasteiger partial charge in [0.25, 0.3) is 0 Å². The van der Waals surface area contributed by atoms with E-state index in [0.717, 1.165) is 5.56 Å². The smallest absolute Gasteiger partial charge is 0.228 e. The standard InChI is InChI=1S/C18H26ClN5O3S/c1-4-20-18(22-13(2)10-12-28(3,25)26)21-11-9-16-23-17(24-27-16)14-5-7-15(19)8-6-14/h5-8,13H,4,9-12H2,1-3H3,(H2,20,21,22). The van der Waals surface area contributed by atoms with Crippen molar-refractivity contribution in [3.63, 3.8) is 0 Å². The topological polar surface area (TPSA) is 109 Å². The van der Waals surface area contributed by atoms with Crippen molar-refractivity contribution in [2.45, 2.75) is 32.7 Å². The number of aromatic nitrogens is 2. The summed E-state index contributed by atoms with van der Waals surface area (Å²) in [6.45, 7) is 5.05. The number of guanidine groups is 1. The van der Waals surface area contributed by atoms with Crippen LogP contribution in [-0.4, -0.2) is 55.7 Å². The molecular weight excluding hydrogens is 402 g/mol. The van der Waals surface area contributed by atoms with Crippen molar-refractivity contribution in [3.8, 4) is 11.4 Å². The maximum absolute atomic E-state index is 11.3. The largest absolute Gasteiger partial charge is 0.357 e. The van der Waals surface area contributed by atoms with Crippen LogP contribution in [0.1, 0.15) is 26.2 Å². The Morgan fingerprint density at radius 3 is 2.68 bits per heavy atom. The molecule has 0 fully saturated rings. The van der Waals surface area contributed by atoms with Gasteiger partial charge in [0.1, 0.15) is 9.84 Å². The third kappa shape index (κ3) is 7.85. The van der Waals surface area contributed by atoms with Crippen LogP contribution < -0.4 is 10.6 Å². The van der Waals surface area contributed by atoms with Crippen LogP contribution >= 0.6 is 11.6 Å². The van der Waals surface area contributed by atoms with E-state index in [0.29, 0.717) is 48.6 Å². The van der Waals surface area contributed by atoms with Gasteiger partial charge in [-0.15, -0.1) is 0 Å². The van der Waals surface area contributed by atoms with Gasteiger partial charge in [0.05, 0.1) is 12.3 Å². The first kappa shape index (κ1) is 22.2. The zero-order chi connectivity index (χ0) is 20.6. The van der Waals surface area contributed by atoms with Gasteiger partial charge in [-0.25, -0.2) is 8.42 Å². The van der Waals surface area contributed by atoms with Gasteiger partial charge in [-0.2, -0.15) is 4.98 Å². The molecule has 0 spiro atoms. The number of halogens is 1. The Hall–Kier alpha value is -2.13. The van der Waals surface area contributed by atoms with Gasteiger partial charge < -0.3 is 15.2 Å². The van der Waals surface area contributed by atoms with Crippen LogP contribution in [0.2, 0.25) is 5.02 Å². The van der Waals surface area contributed by atoms with Crippen molar-refractivity contribution < 1.29 is 12.9 Å². The highest BCUT2D eigenvalue weighted by atomic mass is 35.5. The Kier molecular flexibility index (Phi) is 8.25. The van der Waals surface area contributed by atoms with E-state index in [9.17, 15) is 8.42 Å². The van der Waals surface area contributed by atoms with Crippen molar-refractivity contribution >= 4 is 27.4 Å². The molecule has 1 aromatic carbocycles. The normalized spacial score (nSPS) is 13.4. The molecule has 0 aliphatic rings. The SMILES string of the molecule is CCNC(=NCCc1nc(-c2ccc(Cl)cc2)no1)NC(C)CCS(C)(=O)=O. The van der Waals surface area contributed by atoms with Gasteiger partial charge in [-0.3, -0.25) is 4.99 Å². The van der Waals surface area contributed by atoms with Crippen LogP contribution in [0.15, 0.2) is 33.8 Å². The number of sulfone groups is 1. The Bertz CT molecular complexity index is 881. The summed E-state index contributed by atoms with van der Waals surface area (Å²) in [4.78, 5) is 8.86. The minimum atomic E-state index is -2.98. The van der Waals surface area contributed by atoms with E-state index in [2.05, 4.69) is 25.8 Å². The predicted molar refractivity (Wildman–Crippen MR) is 111 cm³/mol. The maximum Gasteiger partial charge on any atom is 0.228 e. The number of hydrogen-bond acceptors (Lipinski definition) is 6. The molecule has 28 heavy (non-hydrogen) atoms. The Morgan fingerprint density at radius 2 is 2.04 bits per heavy atom. The number of aliphatic imine (C=N–C) groups is 1. The highest BCUT2D eigenvalue weighted by Crippen LogP contribution is 2.18. The van der Waals surface area contributed by atoms with Crippen molar-refractivity contribution in [2.24, 2.45) is 4.99 Å². The van der Waals surface area contributed by atoms with Gasteiger partial charge in [0.15, 0.2) is 5.96 Å². The molecule has 2 rings (SSSR count). The lowest BCUT2D eigenvalue weighted by Crippen LogP contribution is -2.43. The summed E-state index contributed by atoms with van der Waals surface area (Å²) in [5.41, 5.74) is 0.831. The van der Waals surface area contributed by atoms with Gasteiger partial charge in [-0.05, 0) is 44.5 Å². The number of hydrogen-bond donors (Lipinski definition) is 2. The Balaban J connectivity index is 1.90. The maximum atomic E-state index is 11.3. The van der Waals surface area contributed by atoms with Crippen LogP contribution in [-0.2, 0) is 16.3 Å². The summed E-state index contributed by atoms with van der Waals surface area (Å²) in [5, 5.41) is 11.0. The summed E-state index contributed by atoms with van der Waals surface area (Å²) >= 11 is 5.89. The molecule has 0 saturated carbocycles. The van der Waals surface area contributed by atoms with E-state index < -0.39 is 9.84 Å². The summed E-state index contributed by atoms with van der Waals surface area (Å²) in [7, 11) is -2.98. The first-order valence-electron chi connectivity index (χ1n) is 9.08. The van der Waals surface area contributed by atoms with Crippen molar-refractivity contribution in [3.05, 3.63) is 35.2 Å². The number of nitrogens with zero attached hydrogens (tertiary/aromatic N) is 3. The van der Waals surface area contributed by atoms with Gasteiger partial charge >= 0.3 is 0 Å². The van der Waals surface area contributed by atoms with Gasteiger partial charge in [-0.1, -0.05) is 16.8 Å². The van der Waals surface area contributed by atoms with Crippen LogP contribution in [0.25, 0.3) is 11.4 Å². The third-order valence-corrected chi connectivity index (χ3v) is 5.04. The number of rotatable bonds is 9. The second kappa shape index (κ2) is 10.4. The van der Waals surface area contributed by atoms with E-state index in [1.54, 1.807) is 12.1 Å². The molecule has 0 aliphatic heterocycles. The quantitative estimate of drug-likeness (QED) is 0.466. The molecule has 8 nitrogen and oxygen atoms in total. The molecule has 1 heterocycles. The minimum Gasteiger partial charge on any atom is -0.357 e. The lowest BCUT2D eigenvalue weighted by molar-refractivity contribution is 0.380. The average Bonchev–Trinajstić information content (AvgIpc) is 3.09. The molecule has 154 valence electrons. The van der Waals surface area contributed by atoms with E-state index in [4.69, 9.17) is 16.1 Å². The van der Waals surface area contributed by atoms with E-state index in [-0.39, 0.29) is 11.8 Å². The lowest BCUT2D eigenvalue weighted by Gasteiger charge is -2.17. The first-order valence-corrected chi connectivity index (χ1v) is 11.5. The Labute approximate surface area is 170 Å². The molecule has 10 heteroatoms. The number of benzene rings is 1. The molecular formula is C18H26ClN5O3S. The van der Waals surface area contributed by atoms with Crippen LogP contribution in [0, 0.1) is 0 Å². The van der Waals surface area contributed by atoms with E-state index in [1.165, 1.54) is 6.26 Å².